The van der Waals surface area contributed by atoms with Gasteiger partial charge in [-0.15, -0.1) is 0 Å². The molecule has 1 heterocycles. The van der Waals surface area contributed by atoms with Gasteiger partial charge in [-0.05, 0) is 37.8 Å². The van der Waals surface area contributed by atoms with Gasteiger partial charge in [0.25, 0.3) is 0 Å². The molecular formula is C22H34N2O4. The number of hydrogen-bond donors (Lipinski definition) is 1. The third kappa shape index (κ3) is 8.30. The molecule has 6 heteroatoms. The molecule has 6 nitrogen and oxygen atoms in total. The summed E-state index contributed by atoms with van der Waals surface area (Å²) >= 11 is 0. The summed E-state index contributed by atoms with van der Waals surface area (Å²) in [6, 6.07) is 9.49. The van der Waals surface area contributed by atoms with E-state index in [4.69, 9.17) is 9.47 Å². The Kier molecular flexibility index (Phi) is 10.4. The lowest BCUT2D eigenvalue weighted by Gasteiger charge is -2.32. The number of carbonyl (C=O) groups is 2. The molecule has 28 heavy (non-hydrogen) atoms. The highest BCUT2D eigenvalue weighted by Gasteiger charge is 2.28. The van der Waals surface area contributed by atoms with E-state index in [0.717, 1.165) is 51.0 Å². The number of nitrogens with zero attached hydrogens (tertiary/aromatic N) is 1. The summed E-state index contributed by atoms with van der Waals surface area (Å²) in [7, 11) is 0. The first kappa shape index (κ1) is 22.2. The zero-order valence-electron chi connectivity index (χ0n) is 17.0. The number of unbranched alkanes of at least 4 members (excludes halogenated alkanes) is 1. The maximum absolute atomic E-state index is 12.4. The average molecular weight is 391 g/mol. The summed E-state index contributed by atoms with van der Waals surface area (Å²) in [6.07, 6.45) is 5.06. The summed E-state index contributed by atoms with van der Waals surface area (Å²) in [6.45, 7) is 5.81. The Morgan fingerprint density at radius 2 is 1.93 bits per heavy atom. The highest BCUT2D eigenvalue weighted by atomic mass is 16.5. The van der Waals surface area contributed by atoms with Gasteiger partial charge in [0.2, 0.25) is 11.8 Å². The first-order valence-electron chi connectivity index (χ1n) is 10.5. The molecule has 0 bridgehead atoms. The molecule has 0 saturated carbocycles. The van der Waals surface area contributed by atoms with Gasteiger partial charge in [-0.25, -0.2) is 0 Å². The van der Waals surface area contributed by atoms with Crippen molar-refractivity contribution in [3.63, 3.8) is 0 Å². The number of piperidine rings is 1. The first-order chi connectivity index (χ1) is 13.7. The summed E-state index contributed by atoms with van der Waals surface area (Å²) in [4.78, 5) is 26.6. The van der Waals surface area contributed by atoms with Crippen molar-refractivity contribution < 1.29 is 19.1 Å². The monoisotopic (exact) mass is 390 g/mol. The third-order valence-corrected chi connectivity index (χ3v) is 4.88. The standard InChI is InChI=1S/C22H34N2O4/c1-2-3-15-27-16-8-13-23-22(26)19-9-7-14-24(18-19)21(25)12-17-28-20-10-5-4-6-11-20/h4-6,10-11,19H,2-3,7-9,12-18H2,1H3,(H,23,26). The van der Waals surface area contributed by atoms with E-state index in [0.29, 0.717) is 32.7 Å². The molecule has 1 aliphatic rings. The van der Waals surface area contributed by atoms with Crippen molar-refractivity contribution in [1.82, 2.24) is 10.2 Å². The number of benzene rings is 1. The Balaban J connectivity index is 1.62. The Bertz CT molecular complexity index is 579. The molecule has 1 fully saturated rings. The Hall–Kier alpha value is -2.08. The van der Waals surface area contributed by atoms with Crippen LogP contribution in [0.2, 0.25) is 0 Å². The second-order valence-corrected chi connectivity index (χ2v) is 7.20. The van der Waals surface area contributed by atoms with Gasteiger partial charge < -0.3 is 19.7 Å². The largest absolute Gasteiger partial charge is 0.493 e. The molecule has 2 amide bonds. The van der Waals surface area contributed by atoms with Crippen LogP contribution in [0.4, 0.5) is 0 Å². The van der Waals surface area contributed by atoms with Crippen molar-refractivity contribution >= 4 is 11.8 Å². The van der Waals surface area contributed by atoms with Gasteiger partial charge >= 0.3 is 0 Å². The summed E-state index contributed by atoms with van der Waals surface area (Å²) in [5, 5.41) is 2.99. The van der Waals surface area contributed by atoms with Crippen molar-refractivity contribution in [2.45, 2.75) is 45.4 Å². The molecule has 1 unspecified atom stereocenters. The second kappa shape index (κ2) is 13.2. The number of hydrogen-bond acceptors (Lipinski definition) is 4. The van der Waals surface area contributed by atoms with Crippen molar-refractivity contribution in [2.75, 3.05) is 39.5 Å². The third-order valence-electron chi connectivity index (χ3n) is 4.88. The van der Waals surface area contributed by atoms with E-state index in [1.165, 1.54) is 0 Å². The number of likely N-dealkylation sites (tertiary alicyclic amines) is 1. The maximum atomic E-state index is 12.4. The lowest BCUT2D eigenvalue weighted by molar-refractivity contribution is -0.136. The van der Waals surface area contributed by atoms with Crippen molar-refractivity contribution in [3.8, 4) is 5.75 Å². The van der Waals surface area contributed by atoms with Gasteiger partial charge in [0, 0.05) is 32.8 Å². The van der Waals surface area contributed by atoms with Crippen LogP contribution in [0.15, 0.2) is 30.3 Å². The smallest absolute Gasteiger partial charge is 0.226 e. The van der Waals surface area contributed by atoms with Crippen molar-refractivity contribution in [2.24, 2.45) is 5.92 Å². The van der Waals surface area contributed by atoms with Crippen LogP contribution in [0, 0.1) is 5.92 Å². The van der Waals surface area contributed by atoms with Crippen LogP contribution >= 0.6 is 0 Å². The fourth-order valence-corrected chi connectivity index (χ4v) is 3.23. The SMILES string of the molecule is CCCCOCCCNC(=O)C1CCCN(C(=O)CCOc2ccccc2)C1. The van der Waals surface area contributed by atoms with Gasteiger partial charge in [0.05, 0.1) is 18.9 Å². The molecule has 0 aliphatic carbocycles. The van der Waals surface area contributed by atoms with Crippen LogP contribution in [0.1, 0.15) is 45.4 Å². The van der Waals surface area contributed by atoms with Gasteiger partial charge in [-0.3, -0.25) is 9.59 Å². The van der Waals surface area contributed by atoms with Crippen molar-refractivity contribution in [1.29, 1.82) is 0 Å². The molecule has 1 aromatic rings. The van der Waals surface area contributed by atoms with E-state index in [1.807, 2.05) is 30.3 Å². The minimum Gasteiger partial charge on any atom is -0.493 e. The molecule has 1 N–H and O–H groups in total. The Morgan fingerprint density at radius 1 is 1.14 bits per heavy atom. The summed E-state index contributed by atoms with van der Waals surface area (Å²) in [5.74, 6) is 0.753. The van der Waals surface area contributed by atoms with E-state index in [2.05, 4.69) is 12.2 Å². The molecule has 156 valence electrons. The molecular weight excluding hydrogens is 356 g/mol. The van der Waals surface area contributed by atoms with Crippen LogP contribution in [0.3, 0.4) is 0 Å². The van der Waals surface area contributed by atoms with Crippen LogP contribution in [0.5, 0.6) is 5.75 Å². The zero-order valence-corrected chi connectivity index (χ0v) is 17.0. The lowest BCUT2D eigenvalue weighted by Crippen LogP contribution is -2.45. The van der Waals surface area contributed by atoms with Gasteiger partial charge in [0.1, 0.15) is 5.75 Å². The Labute approximate surface area is 168 Å². The minimum absolute atomic E-state index is 0.0478. The topological polar surface area (TPSA) is 67.9 Å². The van der Waals surface area contributed by atoms with E-state index in [1.54, 1.807) is 4.90 Å². The number of amides is 2. The second-order valence-electron chi connectivity index (χ2n) is 7.20. The van der Waals surface area contributed by atoms with E-state index in [-0.39, 0.29) is 17.7 Å². The number of rotatable bonds is 12. The molecule has 1 atom stereocenters. The van der Waals surface area contributed by atoms with Crippen LogP contribution in [-0.4, -0.2) is 56.2 Å². The van der Waals surface area contributed by atoms with E-state index in [9.17, 15) is 9.59 Å². The van der Waals surface area contributed by atoms with Crippen LogP contribution < -0.4 is 10.1 Å². The molecule has 2 rings (SSSR count). The van der Waals surface area contributed by atoms with Gasteiger partial charge in [-0.1, -0.05) is 31.5 Å². The van der Waals surface area contributed by atoms with E-state index >= 15 is 0 Å². The lowest BCUT2D eigenvalue weighted by atomic mass is 9.97. The highest BCUT2D eigenvalue weighted by molar-refractivity contribution is 5.81. The molecule has 0 spiro atoms. The van der Waals surface area contributed by atoms with Gasteiger partial charge in [-0.2, -0.15) is 0 Å². The number of ether oxygens (including phenoxy) is 2. The first-order valence-corrected chi connectivity index (χ1v) is 10.5. The number of para-hydroxylation sites is 1. The normalized spacial score (nSPS) is 16.6. The Morgan fingerprint density at radius 3 is 2.71 bits per heavy atom. The molecule has 0 radical (unpaired) electrons. The number of carbonyl (C=O) groups excluding carboxylic acids is 2. The van der Waals surface area contributed by atoms with Crippen LogP contribution in [0.25, 0.3) is 0 Å². The fourth-order valence-electron chi connectivity index (χ4n) is 3.23. The molecule has 0 aromatic heterocycles. The van der Waals surface area contributed by atoms with Crippen molar-refractivity contribution in [3.05, 3.63) is 30.3 Å². The highest BCUT2D eigenvalue weighted by Crippen LogP contribution is 2.18. The summed E-state index contributed by atoms with van der Waals surface area (Å²) in [5.41, 5.74) is 0. The average Bonchev–Trinajstić information content (AvgIpc) is 2.73. The minimum atomic E-state index is -0.117. The zero-order chi connectivity index (χ0) is 20.0. The molecule has 1 aliphatic heterocycles. The predicted molar refractivity (Wildman–Crippen MR) is 109 cm³/mol. The molecule has 1 aromatic carbocycles. The quantitative estimate of drug-likeness (QED) is 0.557. The van der Waals surface area contributed by atoms with Gasteiger partial charge in [0.15, 0.2) is 0 Å². The maximum Gasteiger partial charge on any atom is 0.226 e. The number of nitrogens with one attached hydrogen (secondary N) is 1. The predicted octanol–water partition coefficient (Wildman–Crippen LogP) is 3.02. The summed E-state index contributed by atoms with van der Waals surface area (Å²) < 4.78 is 11.1. The molecule has 1 saturated heterocycles. The van der Waals surface area contributed by atoms with E-state index < -0.39 is 0 Å². The van der Waals surface area contributed by atoms with Crippen LogP contribution in [-0.2, 0) is 14.3 Å². The fraction of sp³-hybridized carbons (Fsp3) is 0.636.